The van der Waals surface area contributed by atoms with Crippen molar-refractivity contribution in [2.24, 2.45) is 0 Å². The van der Waals surface area contributed by atoms with E-state index in [4.69, 9.17) is 4.74 Å². The summed E-state index contributed by atoms with van der Waals surface area (Å²) >= 11 is 0. The molecular weight excluding hydrogens is 269 g/mol. The van der Waals surface area contributed by atoms with E-state index in [0.717, 1.165) is 19.0 Å². The van der Waals surface area contributed by atoms with Gasteiger partial charge < -0.3 is 15.0 Å². The molecule has 1 heterocycles. The second-order valence-corrected chi connectivity index (χ2v) is 5.27. The molecule has 1 aromatic rings. The maximum absolute atomic E-state index is 13.1. The van der Waals surface area contributed by atoms with Gasteiger partial charge in [-0.05, 0) is 38.6 Å². The summed E-state index contributed by atoms with van der Waals surface area (Å²) in [5.41, 5.74) is -0.565. The van der Waals surface area contributed by atoms with Crippen molar-refractivity contribution in [2.45, 2.75) is 31.6 Å². The number of rotatable bonds is 3. The molecule has 0 aromatic heterocycles. The first-order valence-electron chi connectivity index (χ1n) is 6.53. The molecule has 1 fully saturated rings. The molecule has 0 spiro atoms. The molecule has 112 valence electrons. The number of likely N-dealkylation sites (tertiary alicyclic amines) is 1. The zero-order chi connectivity index (χ0) is 14.9. The number of halogens is 3. The Morgan fingerprint density at radius 2 is 2.05 bits per heavy atom. The summed E-state index contributed by atoms with van der Waals surface area (Å²) in [5, 5.41) is 3.01. The smallest absolute Gasteiger partial charge is 0.418 e. The van der Waals surface area contributed by atoms with Crippen LogP contribution in [-0.4, -0.2) is 37.7 Å². The molecule has 3 nitrogen and oxygen atoms in total. The molecule has 0 saturated carbocycles. The van der Waals surface area contributed by atoms with Gasteiger partial charge in [0.2, 0.25) is 0 Å². The average Bonchev–Trinajstić information content (AvgIpc) is 2.67. The molecule has 1 aliphatic heterocycles. The molecule has 20 heavy (non-hydrogen) atoms. The Hall–Kier alpha value is -1.43. The second kappa shape index (κ2) is 5.52. The molecule has 2 atom stereocenters. The molecule has 0 radical (unpaired) electrons. The fourth-order valence-corrected chi connectivity index (χ4v) is 2.53. The van der Waals surface area contributed by atoms with Crippen LogP contribution in [0.1, 0.15) is 18.9 Å². The van der Waals surface area contributed by atoms with Crippen LogP contribution in [0.5, 0.6) is 5.75 Å². The third-order valence-electron chi connectivity index (χ3n) is 3.78. The lowest BCUT2D eigenvalue weighted by molar-refractivity contribution is -0.137. The highest BCUT2D eigenvalue weighted by Gasteiger charge is 2.35. The first-order valence-corrected chi connectivity index (χ1v) is 6.53. The van der Waals surface area contributed by atoms with Gasteiger partial charge in [-0.15, -0.1) is 0 Å². The molecule has 0 bridgehead atoms. The first-order chi connectivity index (χ1) is 9.31. The Balaban J connectivity index is 2.23. The fourth-order valence-electron chi connectivity index (χ4n) is 2.53. The van der Waals surface area contributed by atoms with Crippen molar-refractivity contribution in [3.8, 4) is 5.75 Å². The summed E-state index contributed by atoms with van der Waals surface area (Å²) in [6.07, 6.45) is -3.56. The standard InChI is InChI=1S/C14H19F3N2O/c1-9-6-10(8-19(9)2)18-13-5-4-11(20-3)7-12(13)14(15,16)17/h4-5,7,9-10,18H,6,8H2,1-3H3. The zero-order valence-corrected chi connectivity index (χ0v) is 11.8. The van der Waals surface area contributed by atoms with Crippen LogP contribution in [0.25, 0.3) is 0 Å². The van der Waals surface area contributed by atoms with E-state index in [2.05, 4.69) is 17.1 Å². The number of hydrogen-bond acceptors (Lipinski definition) is 3. The van der Waals surface area contributed by atoms with Crippen LogP contribution in [0.15, 0.2) is 18.2 Å². The van der Waals surface area contributed by atoms with E-state index in [1.165, 1.54) is 13.2 Å². The van der Waals surface area contributed by atoms with Gasteiger partial charge in [-0.3, -0.25) is 0 Å². The highest BCUT2D eigenvalue weighted by Crippen LogP contribution is 2.37. The lowest BCUT2D eigenvalue weighted by Crippen LogP contribution is -2.25. The van der Waals surface area contributed by atoms with Crippen molar-refractivity contribution in [2.75, 3.05) is 26.0 Å². The van der Waals surface area contributed by atoms with Crippen LogP contribution in [0.2, 0.25) is 0 Å². The third-order valence-corrected chi connectivity index (χ3v) is 3.78. The van der Waals surface area contributed by atoms with Crippen molar-refractivity contribution >= 4 is 5.69 Å². The first kappa shape index (κ1) is 15.0. The van der Waals surface area contributed by atoms with Gasteiger partial charge in [0.1, 0.15) is 5.75 Å². The van der Waals surface area contributed by atoms with Gasteiger partial charge in [0.25, 0.3) is 0 Å². The maximum atomic E-state index is 13.1. The number of hydrogen-bond donors (Lipinski definition) is 1. The number of ether oxygens (including phenoxy) is 1. The predicted molar refractivity (Wildman–Crippen MR) is 72.1 cm³/mol. The molecule has 2 rings (SSSR count). The van der Waals surface area contributed by atoms with Crippen molar-refractivity contribution in [1.82, 2.24) is 4.90 Å². The van der Waals surface area contributed by atoms with Gasteiger partial charge in [-0.25, -0.2) is 0 Å². The van der Waals surface area contributed by atoms with Crippen LogP contribution in [-0.2, 0) is 6.18 Å². The number of nitrogens with zero attached hydrogens (tertiary/aromatic N) is 1. The Kier molecular flexibility index (Phi) is 4.13. The number of likely N-dealkylation sites (N-methyl/N-ethyl adjacent to an activating group) is 1. The lowest BCUT2D eigenvalue weighted by atomic mass is 10.1. The second-order valence-electron chi connectivity index (χ2n) is 5.27. The summed E-state index contributed by atoms with van der Waals surface area (Å²) < 4.78 is 44.1. The Labute approximate surface area is 116 Å². The third kappa shape index (κ3) is 3.17. The van der Waals surface area contributed by atoms with Gasteiger partial charge in [-0.1, -0.05) is 0 Å². The number of benzene rings is 1. The molecule has 1 aromatic carbocycles. The average molecular weight is 288 g/mol. The molecule has 1 N–H and O–H groups in total. The maximum Gasteiger partial charge on any atom is 0.418 e. The van der Waals surface area contributed by atoms with E-state index in [1.807, 2.05) is 7.05 Å². The van der Waals surface area contributed by atoms with E-state index in [0.29, 0.717) is 6.04 Å². The number of anilines is 1. The van der Waals surface area contributed by atoms with Gasteiger partial charge in [0.15, 0.2) is 0 Å². The molecular formula is C14H19F3N2O. The van der Waals surface area contributed by atoms with Gasteiger partial charge in [0.05, 0.1) is 12.7 Å². The SMILES string of the molecule is COc1ccc(NC2CC(C)N(C)C2)c(C(F)(F)F)c1. The molecule has 2 unspecified atom stereocenters. The van der Waals surface area contributed by atoms with Crippen LogP contribution in [0.4, 0.5) is 18.9 Å². The molecule has 0 aliphatic carbocycles. The summed E-state index contributed by atoms with van der Waals surface area (Å²) in [4.78, 5) is 2.13. The topological polar surface area (TPSA) is 24.5 Å². The monoisotopic (exact) mass is 288 g/mol. The molecule has 1 saturated heterocycles. The number of nitrogens with one attached hydrogen (secondary N) is 1. The highest BCUT2D eigenvalue weighted by atomic mass is 19.4. The minimum absolute atomic E-state index is 0.0319. The van der Waals surface area contributed by atoms with E-state index in [1.54, 1.807) is 6.07 Å². The van der Waals surface area contributed by atoms with Crippen molar-refractivity contribution in [3.63, 3.8) is 0 Å². The fraction of sp³-hybridized carbons (Fsp3) is 0.571. The van der Waals surface area contributed by atoms with E-state index >= 15 is 0 Å². The molecule has 6 heteroatoms. The largest absolute Gasteiger partial charge is 0.497 e. The van der Waals surface area contributed by atoms with Crippen LogP contribution < -0.4 is 10.1 Å². The lowest BCUT2D eigenvalue weighted by Gasteiger charge is -2.19. The number of methoxy groups -OCH3 is 1. The minimum Gasteiger partial charge on any atom is -0.497 e. The van der Waals surface area contributed by atoms with Crippen molar-refractivity contribution in [3.05, 3.63) is 23.8 Å². The summed E-state index contributed by atoms with van der Waals surface area (Å²) in [6, 6.07) is 4.42. The zero-order valence-electron chi connectivity index (χ0n) is 11.8. The van der Waals surface area contributed by atoms with E-state index in [-0.39, 0.29) is 17.5 Å². The Bertz CT molecular complexity index is 466. The number of alkyl halides is 3. The Morgan fingerprint density at radius 3 is 2.55 bits per heavy atom. The van der Waals surface area contributed by atoms with E-state index in [9.17, 15) is 13.2 Å². The summed E-state index contributed by atoms with van der Waals surface area (Å²) in [7, 11) is 3.33. The van der Waals surface area contributed by atoms with Crippen molar-refractivity contribution < 1.29 is 17.9 Å². The van der Waals surface area contributed by atoms with Gasteiger partial charge in [-0.2, -0.15) is 13.2 Å². The van der Waals surface area contributed by atoms with Gasteiger partial charge >= 0.3 is 6.18 Å². The quantitative estimate of drug-likeness (QED) is 0.924. The molecule has 0 amide bonds. The minimum atomic E-state index is -4.40. The highest BCUT2D eigenvalue weighted by molar-refractivity contribution is 5.56. The normalized spacial score (nSPS) is 23.9. The van der Waals surface area contributed by atoms with Crippen LogP contribution in [0.3, 0.4) is 0 Å². The summed E-state index contributed by atoms with van der Waals surface area (Å²) in [5.74, 6) is 0.208. The van der Waals surface area contributed by atoms with E-state index < -0.39 is 11.7 Å². The summed E-state index contributed by atoms with van der Waals surface area (Å²) in [6.45, 7) is 2.81. The van der Waals surface area contributed by atoms with Crippen LogP contribution >= 0.6 is 0 Å². The van der Waals surface area contributed by atoms with Crippen LogP contribution in [0, 0.1) is 0 Å². The molecule has 1 aliphatic rings. The van der Waals surface area contributed by atoms with Gasteiger partial charge in [0, 0.05) is 24.3 Å². The Morgan fingerprint density at radius 1 is 1.35 bits per heavy atom. The predicted octanol–water partition coefficient (Wildman–Crippen LogP) is 3.22. The van der Waals surface area contributed by atoms with Crippen molar-refractivity contribution in [1.29, 1.82) is 0 Å².